The highest BCUT2D eigenvalue weighted by Gasteiger charge is 2.19. The number of nitrogens with zero attached hydrogens (tertiary/aromatic N) is 4. The summed E-state index contributed by atoms with van der Waals surface area (Å²) in [5.74, 6) is 0. The lowest BCUT2D eigenvalue weighted by molar-refractivity contribution is 0.571. The molecule has 0 spiro atoms. The van der Waals surface area contributed by atoms with Crippen LogP contribution >= 0.6 is 0 Å². The molecule has 0 aliphatic carbocycles. The first kappa shape index (κ1) is 21.1. The van der Waals surface area contributed by atoms with E-state index >= 15 is 0 Å². The van der Waals surface area contributed by atoms with Crippen LogP contribution in [-0.4, -0.2) is 27.7 Å². The second kappa shape index (κ2) is 9.26. The zero-order valence-corrected chi connectivity index (χ0v) is 18.1. The number of hydrogen-bond donors (Lipinski definition) is 1. The second-order valence-corrected chi connectivity index (χ2v) is 9.07. The molecule has 8 heteroatoms. The molecule has 1 aromatic carbocycles. The number of unbranched alkanes of at least 4 members (excludes halogenated alkanes) is 3. The molecule has 7 nitrogen and oxygen atoms in total. The third-order valence-electron chi connectivity index (χ3n) is 5.17. The zero-order chi connectivity index (χ0) is 20.9. The van der Waals surface area contributed by atoms with Crippen LogP contribution in [-0.2, 0) is 30.0 Å². The minimum Gasteiger partial charge on any atom is -0.337 e. The lowest BCUT2D eigenvalue weighted by Gasteiger charge is -2.09. The molecule has 3 aromatic rings. The summed E-state index contributed by atoms with van der Waals surface area (Å²) in [5, 5.41) is 4.26. The van der Waals surface area contributed by atoms with Crippen molar-refractivity contribution in [1.82, 2.24) is 19.3 Å². The van der Waals surface area contributed by atoms with Crippen LogP contribution in [0.4, 0.5) is 5.69 Å². The molecule has 0 atom stereocenters. The predicted molar refractivity (Wildman–Crippen MR) is 114 cm³/mol. The molecule has 3 rings (SSSR count). The van der Waals surface area contributed by atoms with Crippen molar-refractivity contribution in [2.24, 2.45) is 7.05 Å². The van der Waals surface area contributed by atoms with E-state index in [0.29, 0.717) is 11.4 Å². The molecule has 0 unspecified atom stereocenters. The summed E-state index contributed by atoms with van der Waals surface area (Å²) >= 11 is 0. The molecule has 0 amide bonds. The van der Waals surface area contributed by atoms with Gasteiger partial charge in [-0.3, -0.25) is 9.40 Å². The third-order valence-corrected chi connectivity index (χ3v) is 6.54. The number of nitrogens with one attached hydrogen (secondary N) is 1. The second-order valence-electron chi connectivity index (χ2n) is 7.38. The van der Waals surface area contributed by atoms with E-state index in [-0.39, 0.29) is 4.90 Å². The SMILES string of the molecule is Cc1nn(C)c(C)c1NS(=O)(=O)c1ccc(CCCCCCn2ccnc2)cc1. The molecule has 0 saturated heterocycles. The average Bonchev–Trinajstić information content (AvgIpc) is 3.29. The Morgan fingerprint density at radius 2 is 1.76 bits per heavy atom. The summed E-state index contributed by atoms with van der Waals surface area (Å²) in [7, 11) is -1.83. The Bertz CT molecular complexity index is 1020. The Morgan fingerprint density at radius 1 is 1.03 bits per heavy atom. The summed E-state index contributed by atoms with van der Waals surface area (Å²) in [4.78, 5) is 4.31. The number of sulfonamides is 1. The fourth-order valence-electron chi connectivity index (χ4n) is 3.35. The van der Waals surface area contributed by atoms with Gasteiger partial charge in [0.1, 0.15) is 0 Å². The quantitative estimate of drug-likeness (QED) is 0.510. The molecule has 0 fully saturated rings. The highest BCUT2D eigenvalue weighted by Crippen LogP contribution is 2.23. The van der Waals surface area contributed by atoms with E-state index in [1.54, 1.807) is 37.0 Å². The maximum atomic E-state index is 12.7. The average molecular weight is 416 g/mol. The summed E-state index contributed by atoms with van der Waals surface area (Å²) in [6.07, 6.45) is 11.2. The van der Waals surface area contributed by atoms with Crippen LogP contribution in [0.3, 0.4) is 0 Å². The molecule has 2 aromatic heterocycles. The fraction of sp³-hybridized carbons (Fsp3) is 0.429. The van der Waals surface area contributed by atoms with Crippen LogP contribution in [0.25, 0.3) is 0 Å². The Hall–Kier alpha value is -2.61. The molecule has 29 heavy (non-hydrogen) atoms. The number of anilines is 1. The molecule has 0 radical (unpaired) electrons. The number of rotatable bonds is 10. The van der Waals surface area contributed by atoms with Crippen molar-refractivity contribution in [3.05, 3.63) is 59.9 Å². The third kappa shape index (κ3) is 5.47. The van der Waals surface area contributed by atoms with Crippen molar-refractivity contribution < 1.29 is 8.42 Å². The Labute approximate surface area is 172 Å². The monoisotopic (exact) mass is 415 g/mol. The van der Waals surface area contributed by atoms with Gasteiger partial charge in [0.05, 0.1) is 28.3 Å². The first-order valence-electron chi connectivity index (χ1n) is 9.94. The molecule has 156 valence electrons. The maximum Gasteiger partial charge on any atom is 0.262 e. The highest BCUT2D eigenvalue weighted by atomic mass is 32.2. The molecule has 0 bridgehead atoms. The van der Waals surface area contributed by atoms with Gasteiger partial charge in [0.25, 0.3) is 10.0 Å². The fourth-order valence-corrected chi connectivity index (χ4v) is 4.52. The molecule has 0 aliphatic heterocycles. The van der Waals surface area contributed by atoms with Gasteiger partial charge in [0.2, 0.25) is 0 Å². The lowest BCUT2D eigenvalue weighted by Crippen LogP contribution is -2.14. The number of hydrogen-bond acceptors (Lipinski definition) is 4. The molecule has 2 heterocycles. The van der Waals surface area contributed by atoms with E-state index in [2.05, 4.69) is 19.4 Å². The van der Waals surface area contributed by atoms with Gasteiger partial charge in [-0.1, -0.05) is 25.0 Å². The largest absolute Gasteiger partial charge is 0.337 e. The van der Waals surface area contributed by atoms with Gasteiger partial charge >= 0.3 is 0 Å². The highest BCUT2D eigenvalue weighted by molar-refractivity contribution is 7.92. The smallest absolute Gasteiger partial charge is 0.262 e. The summed E-state index contributed by atoms with van der Waals surface area (Å²) in [6, 6.07) is 7.17. The van der Waals surface area contributed by atoms with E-state index in [1.807, 2.05) is 31.6 Å². The van der Waals surface area contributed by atoms with E-state index in [4.69, 9.17) is 0 Å². The molecule has 1 N–H and O–H groups in total. The number of aromatic nitrogens is 4. The predicted octanol–water partition coefficient (Wildman–Crippen LogP) is 3.84. The van der Waals surface area contributed by atoms with Crippen LogP contribution in [0.5, 0.6) is 0 Å². The molecule has 0 aliphatic rings. The Kier molecular flexibility index (Phi) is 6.74. The molecule has 0 saturated carbocycles. The van der Waals surface area contributed by atoms with Crippen molar-refractivity contribution in [2.45, 2.75) is 57.4 Å². The zero-order valence-electron chi connectivity index (χ0n) is 17.3. The van der Waals surface area contributed by atoms with Crippen molar-refractivity contribution in [1.29, 1.82) is 0 Å². The summed E-state index contributed by atoms with van der Waals surface area (Å²) in [6.45, 7) is 4.65. The van der Waals surface area contributed by atoms with Gasteiger partial charge in [-0.2, -0.15) is 5.10 Å². The van der Waals surface area contributed by atoms with Gasteiger partial charge in [-0.25, -0.2) is 13.4 Å². The Morgan fingerprint density at radius 3 is 2.38 bits per heavy atom. The van der Waals surface area contributed by atoms with Crippen LogP contribution in [0.2, 0.25) is 0 Å². The normalized spacial score (nSPS) is 11.7. The van der Waals surface area contributed by atoms with Crippen LogP contribution < -0.4 is 4.72 Å². The van der Waals surface area contributed by atoms with E-state index < -0.39 is 10.0 Å². The van der Waals surface area contributed by atoms with Crippen molar-refractivity contribution in [3.8, 4) is 0 Å². The number of imidazole rings is 1. The topological polar surface area (TPSA) is 81.8 Å². The van der Waals surface area contributed by atoms with Gasteiger partial charge < -0.3 is 4.57 Å². The van der Waals surface area contributed by atoms with Crippen molar-refractivity contribution in [2.75, 3.05) is 4.72 Å². The number of benzene rings is 1. The van der Waals surface area contributed by atoms with Crippen molar-refractivity contribution >= 4 is 15.7 Å². The van der Waals surface area contributed by atoms with Crippen LogP contribution in [0.15, 0.2) is 47.9 Å². The van der Waals surface area contributed by atoms with Crippen molar-refractivity contribution in [3.63, 3.8) is 0 Å². The first-order valence-corrected chi connectivity index (χ1v) is 11.4. The number of aryl methyl sites for hydroxylation is 4. The van der Waals surface area contributed by atoms with E-state index in [1.165, 1.54) is 6.42 Å². The Balaban J connectivity index is 1.48. The minimum absolute atomic E-state index is 0.268. The summed E-state index contributed by atoms with van der Waals surface area (Å²) < 4.78 is 31.8. The lowest BCUT2D eigenvalue weighted by atomic mass is 10.1. The van der Waals surface area contributed by atoms with Gasteiger partial charge in [0.15, 0.2) is 0 Å². The summed E-state index contributed by atoms with van der Waals surface area (Å²) in [5.41, 5.74) is 3.16. The van der Waals surface area contributed by atoms with E-state index in [0.717, 1.165) is 43.5 Å². The molecular weight excluding hydrogens is 386 g/mol. The van der Waals surface area contributed by atoms with Gasteiger partial charge in [-0.05, 0) is 50.8 Å². The van der Waals surface area contributed by atoms with Crippen LogP contribution in [0, 0.1) is 13.8 Å². The molecular formula is C21H29N5O2S. The minimum atomic E-state index is -3.63. The maximum absolute atomic E-state index is 12.7. The standard InChI is InChI=1S/C21H29N5O2S/c1-17-21(18(2)25(3)23-17)24-29(27,28)20-11-9-19(10-12-20)8-6-4-5-7-14-26-15-13-22-16-26/h9-13,15-16,24H,4-8,14H2,1-3H3. The van der Waals surface area contributed by atoms with E-state index in [9.17, 15) is 8.42 Å². The van der Waals surface area contributed by atoms with Gasteiger partial charge in [0, 0.05) is 26.0 Å². The van der Waals surface area contributed by atoms with Gasteiger partial charge in [-0.15, -0.1) is 0 Å². The van der Waals surface area contributed by atoms with Crippen LogP contribution in [0.1, 0.15) is 42.6 Å². The first-order chi connectivity index (χ1) is 13.9.